The van der Waals surface area contributed by atoms with Crippen molar-refractivity contribution < 1.29 is 0 Å². The first-order chi connectivity index (χ1) is 4.93. The van der Waals surface area contributed by atoms with Gasteiger partial charge in [-0.25, -0.2) is 0 Å². The third-order valence-electron chi connectivity index (χ3n) is 1.05. The molecule has 0 amide bonds. The molecule has 10 heavy (non-hydrogen) atoms. The van der Waals surface area contributed by atoms with Gasteiger partial charge in [-0.2, -0.15) is 0 Å². The molecule has 0 aliphatic heterocycles. The third kappa shape index (κ3) is 1.81. The number of nitrogens with one attached hydrogen (secondary N) is 1. The summed E-state index contributed by atoms with van der Waals surface area (Å²) < 4.78 is 0. The highest BCUT2D eigenvalue weighted by Gasteiger charge is 1.87. The number of nitroso groups, excluding NO2 is 1. The molecule has 1 rings (SSSR count). The van der Waals surface area contributed by atoms with E-state index in [0.717, 1.165) is 5.69 Å². The Labute approximate surface area is 58.2 Å². The lowest BCUT2D eigenvalue weighted by molar-refractivity contribution is 0.719. The largest absolute Gasteiger partial charge is 0.268 e. The van der Waals surface area contributed by atoms with E-state index in [4.69, 9.17) is 0 Å². The fourth-order valence-electron chi connectivity index (χ4n) is 0.616. The Kier molecular flexibility index (Phi) is 2.37. The quantitative estimate of drug-likeness (QED) is 0.496. The van der Waals surface area contributed by atoms with Crippen molar-refractivity contribution in [3.8, 4) is 0 Å². The molecule has 0 saturated heterocycles. The second-order valence-corrected chi connectivity index (χ2v) is 1.75. The van der Waals surface area contributed by atoms with E-state index in [-0.39, 0.29) is 0 Å². The molecule has 1 aromatic rings. The van der Waals surface area contributed by atoms with Gasteiger partial charge in [-0.1, -0.05) is 6.07 Å². The highest BCUT2D eigenvalue weighted by Crippen LogP contribution is 1.90. The predicted octanol–water partition coefficient (Wildman–Crippen LogP) is 0.853. The number of aromatic nitrogens is 1. The van der Waals surface area contributed by atoms with Gasteiger partial charge in [-0.05, 0) is 12.1 Å². The van der Waals surface area contributed by atoms with Gasteiger partial charge in [0.15, 0.2) is 0 Å². The van der Waals surface area contributed by atoms with Gasteiger partial charge in [0.25, 0.3) is 0 Å². The lowest BCUT2D eigenvalue weighted by Crippen LogP contribution is -2.04. The first kappa shape index (κ1) is 6.67. The molecule has 1 heterocycles. The second-order valence-electron chi connectivity index (χ2n) is 1.75. The van der Waals surface area contributed by atoms with Gasteiger partial charge >= 0.3 is 0 Å². The summed E-state index contributed by atoms with van der Waals surface area (Å²) in [5.41, 5.74) is 3.08. The minimum absolute atomic E-state index is 0.393. The van der Waals surface area contributed by atoms with Gasteiger partial charge in [0.05, 0.1) is 12.2 Å². The van der Waals surface area contributed by atoms with Gasteiger partial charge in [-0.3, -0.25) is 10.4 Å². The highest BCUT2D eigenvalue weighted by atomic mass is 16.3. The SMILES string of the molecule is O=NNCc1ccccn1. The van der Waals surface area contributed by atoms with E-state index in [1.807, 2.05) is 18.2 Å². The number of nitrogens with zero attached hydrogens (tertiary/aromatic N) is 2. The van der Waals surface area contributed by atoms with Gasteiger partial charge in [0.1, 0.15) is 0 Å². The van der Waals surface area contributed by atoms with Gasteiger partial charge in [-0.15, -0.1) is 4.91 Å². The number of pyridine rings is 1. The highest BCUT2D eigenvalue weighted by molar-refractivity contribution is 5.02. The fourth-order valence-corrected chi connectivity index (χ4v) is 0.616. The number of hydrogen-bond acceptors (Lipinski definition) is 3. The van der Waals surface area contributed by atoms with Crippen molar-refractivity contribution in [2.45, 2.75) is 6.54 Å². The maximum absolute atomic E-state index is 9.59. The standard InChI is InChI=1S/C6H7N3O/c10-9-8-5-6-3-1-2-4-7-6/h1-4H,5H2,(H,8,10). The molecular weight excluding hydrogens is 130 g/mol. The van der Waals surface area contributed by atoms with Crippen molar-refractivity contribution >= 4 is 0 Å². The molecule has 0 bridgehead atoms. The molecule has 0 spiro atoms. The van der Waals surface area contributed by atoms with Crippen LogP contribution in [0.25, 0.3) is 0 Å². The molecular formula is C6H7N3O. The van der Waals surface area contributed by atoms with E-state index in [1.54, 1.807) is 6.20 Å². The summed E-state index contributed by atoms with van der Waals surface area (Å²) in [6.07, 6.45) is 1.67. The van der Waals surface area contributed by atoms with E-state index in [2.05, 4.69) is 15.7 Å². The monoisotopic (exact) mass is 137 g/mol. The molecule has 0 aliphatic rings. The predicted molar refractivity (Wildman–Crippen MR) is 36.9 cm³/mol. The summed E-state index contributed by atoms with van der Waals surface area (Å²) >= 11 is 0. The first-order valence-corrected chi connectivity index (χ1v) is 2.88. The Morgan fingerprint density at radius 3 is 3.10 bits per heavy atom. The molecule has 4 heteroatoms. The van der Waals surface area contributed by atoms with Crippen LogP contribution in [0.2, 0.25) is 0 Å². The Balaban J connectivity index is 2.50. The second kappa shape index (κ2) is 3.55. The molecule has 4 nitrogen and oxygen atoms in total. The summed E-state index contributed by atoms with van der Waals surface area (Å²) in [5, 5.41) is 2.49. The van der Waals surface area contributed by atoms with Crippen LogP contribution in [0, 0.1) is 4.91 Å². The number of hydrogen-bond donors (Lipinski definition) is 1. The first-order valence-electron chi connectivity index (χ1n) is 2.88. The summed E-state index contributed by atoms with van der Waals surface area (Å²) in [7, 11) is 0. The van der Waals surface area contributed by atoms with Crippen molar-refractivity contribution in [2.24, 2.45) is 5.29 Å². The zero-order valence-corrected chi connectivity index (χ0v) is 5.32. The Morgan fingerprint density at radius 1 is 1.60 bits per heavy atom. The normalized spacial score (nSPS) is 8.80. The van der Waals surface area contributed by atoms with Crippen LogP contribution in [-0.2, 0) is 6.54 Å². The van der Waals surface area contributed by atoms with Crippen LogP contribution in [0.4, 0.5) is 0 Å². The molecule has 0 aromatic carbocycles. The van der Waals surface area contributed by atoms with Crippen molar-refractivity contribution in [3.63, 3.8) is 0 Å². The van der Waals surface area contributed by atoms with Gasteiger partial charge < -0.3 is 0 Å². The zero-order chi connectivity index (χ0) is 7.23. The minimum atomic E-state index is 0.393. The molecule has 0 radical (unpaired) electrons. The van der Waals surface area contributed by atoms with Crippen molar-refractivity contribution in [3.05, 3.63) is 35.0 Å². The van der Waals surface area contributed by atoms with E-state index >= 15 is 0 Å². The summed E-state index contributed by atoms with van der Waals surface area (Å²) in [5.74, 6) is 0. The van der Waals surface area contributed by atoms with E-state index in [1.165, 1.54) is 0 Å². The lowest BCUT2D eigenvalue weighted by Gasteiger charge is -1.94. The van der Waals surface area contributed by atoms with Crippen molar-refractivity contribution in [1.29, 1.82) is 0 Å². The van der Waals surface area contributed by atoms with Crippen molar-refractivity contribution in [1.82, 2.24) is 10.4 Å². The summed E-state index contributed by atoms with van der Waals surface area (Å²) in [6, 6.07) is 5.49. The summed E-state index contributed by atoms with van der Waals surface area (Å²) in [4.78, 5) is 13.5. The Hall–Kier alpha value is -1.45. The fraction of sp³-hybridized carbons (Fsp3) is 0.167. The molecule has 0 saturated carbocycles. The van der Waals surface area contributed by atoms with Crippen LogP contribution in [0.5, 0.6) is 0 Å². The maximum atomic E-state index is 9.59. The molecule has 1 aromatic heterocycles. The average molecular weight is 137 g/mol. The smallest absolute Gasteiger partial charge is 0.0784 e. The average Bonchev–Trinajstić information content (AvgIpc) is 2.03. The lowest BCUT2D eigenvalue weighted by atomic mass is 10.4. The van der Waals surface area contributed by atoms with E-state index in [0.29, 0.717) is 6.54 Å². The van der Waals surface area contributed by atoms with E-state index < -0.39 is 0 Å². The van der Waals surface area contributed by atoms with E-state index in [9.17, 15) is 4.91 Å². The maximum Gasteiger partial charge on any atom is 0.0784 e. The van der Waals surface area contributed by atoms with Crippen LogP contribution in [0.15, 0.2) is 29.7 Å². The van der Waals surface area contributed by atoms with Crippen LogP contribution >= 0.6 is 0 Å². The molecule has 1 N–H and O–H groups in total. The molecule has 0 unspecified atom stereocenters. The molecule has 0 fully saturated rings. The zero-order valence-electron chi connectivity index (χ0n) is 5.32. The summed E-state index contributed by atoms with van der Waals surface area (Å²) in [6.45, 7) is 0.393. The Bertz CT molecular complexity index is 199. The number of rotatable bonds is 3. The molecule has 52 valence electrons. The minimum Gasteiger partial charge on any atom is -0.268 e. The van der Waals surface area contributed by atoms with Gasteiger partial charge in [0, 0.05) is 11.5 Å². The molecule has 0 atom stereocenters. The van der Waals surface area contributed by atoms with Crippen LogP contribution in [0.1, 0.15) is 5.69 Å². The topological polar surface area (TPSA) is 54.4 Å². The Morgan fingerprint density at radius 2 is 2.50 bits per heavy atom. The van der Waals surface area contributed by atoms with Crippen LogP contribution in [-0.4, -0.2) is 4.98 Å². The third-order valence-corrected chi connectivity index (χ3v) is 1.05. The molecule has 0 aliphatic carbocycles. The van der Waals surface area contributed by atoms with Gasteiger partial charge in [0.2, 0.25) is 0 Å². The van der Waals surface area contributed by atoms with Crippen LogP contribution < -0.4 is 5.43 Å². The van der Waals surface area contributed by atoms with Crippen LogP contribution in [0.3, 0.4) is 0 Å². The van der Waals surface area contributed by atoms with Crippen molar-refractivity contribution in [2.75, 3.05) is 0 Å².